The second-order valence-corrected chi connectivity index (χ2v) is 10.1. The SMILES string of the molecule is C[C@@H]1CC2C3CC(F)=C4CC(=O)C=C[C@]4(C)[C@@]34O[C@H]4C[C@]2(C)[C@@]1(O)C(=O)S. The Bertz CT molecular complexity index is 851. The molecule has 0 radical (unpaired) electrons. The summed E-state index contributed by atoms with van der Waals surface area (Å²) in [5.41, 5.74) is -2.84. The number of thiol groups is 1. The normalized spacial score (nSPS) is 55.6. The topological polar surface area (TPSA) is 66.9 Å². The predicted molar refractivity (Wildman–Crippen MR) is 99.7 cm³/mol. The third kappa shape index (κ3) is 1.75. The van der Waals surface area contributed by atoms with E-state index in [0.717, 1.165) is 0 Å². The fourth-order valence-electron chi connectivity index (χ4n) is 7.41. The minimum atomic E-state index is -1.53. The summed E-state index contributed by atoms with van der Waals surface area (Å²) in [6, 6.07) is 0. The number of hydrogen-bond donors (Lipinski definition) is 2. The summed E-state index contributed by atoms with van der Waals surface area (Å²) in [5, 5.41) is 10.9. The average molecular weight is 392 g/mol. The van der Waals surface area contributed by atoms with Gasteiger partial charge in [-0.1, -0.05) is 19.9 Å². The fraction of sp³-hybridized carbons (Fsp3) is 0.714. The Morgan fingerprint density at radius 3 is 2.74 bits per heavy atom. The quantitative estimate of drug-likeness (QED) is 0.531. The Morgan fingerprint density at radius 2 is 2.07 bits per heavy atom. The van der Waals surface area contributed by atoms with Gasteiger partial charge in [0, 0.05) is 29.6 Å². The number of ether oxygens (including phenoxy) is 1. The maximum absolute atomic E-state index is 15.2. The van der Waals surface area contributed by atoms with Crippen molar-refractivity contribution in [3.63, 3.8) is 0 Å². The molecule has 2 unspecified atom stereocenters. The number of carbonyl (C=O) groups is 2. The van der Waals surface area contributed by atoms with Crippen LogP contribution in [0.3, 0.4) is 0 Å². The van der Waals surface area contributed by atoms with Crippen molar-refractivity contribution in [2.24, 2.45) is 28.6 Å². The van der Waals surface area contributed by atoms with Gasteiger partial charge in [0.25, 0.3) is 0 Å². The lowest BCUT2D eigenvalue weighted by Crippen LogP contribution is -2.61. The lowest BCUT2D eigenvalue weighted by molar-refractivity contribution is -0.153. The molecule has 1 aliphatic heterocycles. The van der Waals surface area contributed by atoms with Gasteiger partial charge >= 0.3 is 0 Å². The molecule has 4 aliphatic carbocycles. The van der Waals surface area contributed by atoms with Crippen molar-refractivity contribution >= 4 is 23.5 Å². The van der Waals surface area contributed by atoms with Crippen molar-refractivity contribution in [1.82, 2.24) is 0 Å². The number of halogens is 1. The van der Waals surface area contributed by atoms with Crippen LogP contribution in [0.15, 0.2) is 23.6 Å². The Labute approximate surface area is 163 Å². The molecule has 1 spiro atoms. The van der Waals surface area contributed by atoms with Crippen LogP contribution in [0, 0.1) is 28.6 Å². The molecule has 27 heavy (non-hydrogen) atoms. The molecular weight excluding hydrogens is 367 g/mol. The van der Waals surface area contributed by atoms with E-state index in [1.807, 2.05) is 26.8 Å². The zero-order chi connectivity index (χ0) is 19.6. The number of epoxide rings is 1. The zero-order valence-electron chi connectivity index (χ0n) is 15.8. The van der Waals surface area contributed by atoms with Gasteiger partial charge in [-0.25, -0.2) is 4.39 Å². The van der Waals surface area contributed by atoms with Crippen molar-refractivity contribution in [3.8, 4) is 0 Å². The van der Waals surface area contributed by atoms with Crippen LogP contribution >= 0.6 is 12.6 Å². The number of carbonyl (C=O) groups excluding carboxylic acids is 2. The summed E-state index contributed by atoms with van der Waals surface area (Å²) in [7, 11) is 0. The second kappa shape index (κ2) is 4.95. The Balaban J connectivity index is 1.66. The first kappa shape index (κ1) is 18.1. The van der Waals surface area contributed by atoms with Crippen LogP contribution in [0.25, 0.3) is 0 Å². The highest BCUT2D eigenvalue weighted by Crippen LogP contribution is 2.76. The lowest BCUT2D eigenvalue weighted by Gasteiger charge is -2.54. The van der Waals surface area contributed by atoms with Gasteiger partial charge in [-0.3, -0.25) is 9.59 Å². The van der Waals surface area contributed by atoms with Gasteiger partial charge in [0.15, 0.2) is 5.78 Å². The van der Waals surface area contributed by atoms with Crippen molar-refractivity contribution in [2.45, 2.75) is 63.8 Å². The standard InChI is InChI=1S/C21H25FO4S/c1-10-6-12-13-8-15(22)14-7-11(23)4-5-18(14,2)21(13)16(26-21)9-19(12,3)20(10,25)17(24)27/h4-5,10,12-13,16,25H,6-9H2,1-3H3,(H,24,27)/t10-,12?,13?,16+,18+,19+,20+,21-/m1/s1. The predicted octanol–water partition coefficient (Wildman–Crippen LogP) is 3.16. The first-order valence-electron chi connectivity index (χ1n) is 9.76. The van der Waals surface area contributed by atoms with Crippen molar-refractivity contribution < 1.29 is 23.8 Å². The highest BCUT2D eigenvalue weighted by Gasteiger charge is 2.82. The second-order valence-electron chi connectivity index (χ2n) is 9.71. The molecule has 0 aromatic rings. The van der Waals surface area contributed by atoms with Gasteiger partial charge in [-0.15, -0.1) is 12.6 Å². The van der Waals surface area contributed by atoms with Crippen molar-refractivity contribution in [2.75, 3.05) is 0 Å². The van der Waals surface area contributed by atoms with Crippen LogP contribution in [0.5, 0.6) is 0 Å². The van der Waals surface area contributed by atoms with Crippen LogP contribution < -0.4 is 0 Å². The van der Waals surface area contributed by atoms with Gasteiger partial charge in [0.2, 0.25) is 5.12 Å². The van der Waals surface area contributed by atoms with E-state index in [4.69, 9.17) is 4.74 Å². The summed E-state index contributed by atoms with van der Waals surface area (Å²) in [5.74, 6) is -0.698. The molecule has 6 heteroatoms. The van der Waals surface area contributed by atoms with Gasteiger partial charge in [-0.2, -0.15) is 0 Å². The number of ketones is 1. The molecule has 0 bridgehead atoms. The molecular formula is C21H25FO4S. The summed E-state index contributed by atoms with van der Waals surface area (Å²) in [6.07, 6.45) is 4.76. The van der Waals surface area contributed by atoms with Gasteiger partial charge in [0.05, 0.1) is 6.10 Å². The van der Waals surface area contributed by atoms with Crippen LogP contribution in [0.1, 0.15) is 46.5 Å². The van der Waals surface area contributed by atoms with E-state index in [-0.39, 0.29) is 48.3 Å². The smallest absolute Gasteiger partial charge is 0.218 e. The molecule has 0 amide bonds. The molecule has 1 N–H and O–H groups in total. The molecule has 1 heterocycles. The third-order valence-electron chi connectivity index (χ3n) is 8.86. The van der Waals surface area contributed by atoms with E-state index < -0.39 is 27.1 Å². The van der Waals surface area contributed by atoms with Crippen LogP contribution in [0.4, 0.5) is 4.39 Å². The molecule has 146 valence electrons. The van der Waals surface area contributed by atoms with Crippen LogP contribution in [-0.2, 0) is 14.3 Å². The maximum Gasteiger partial charge on any atom is 0.218 e. The largest absolute Gasteiger partial charge is 0.380 e. The maximum atomic E-state index is 15.2. The number of hydrogen-bond acceptors (Lipinski definition) is 4. The highest BCUT2D eigenvalue weighted by atomic mass is 32.1. The minimum absolute atomic E-state index is 0.0393. The van der Waals surface area contributed by atoms with E-state index in [0.29, 0.717) is 18.4 Å². The van der Waals surface area contributed by atoms with E-state index in [2.05, 4.69) is 12.6 Å². The molecule has 0 aromatic heterocycles. The summed E-state index contributed by atoms with van der Waals surface area (Å²) >= 11 is 4.03. The van der Waals surface area contributed by atoms with Crippen LogP contribution in [0.2, 0.25) is 0 Å². The van der Waals surface area contributed by atoms with Gasteiger partial charge in [-0.05, 0) is 43.3 Å². The van der Waals surface area contributed by atoms with E-state index in [9.17, 15) is 14.7 Å². The van der Waals surface area contributed by atoms with Gasteiger partial charge < -0.3 is 9.84 Å². The third-order valence-corrected chi connectivity index (χ3v) is 9.20. The molecule has 3 fully saturated rings. The molecule has 4 nitrogen and oxygen atoms in total. The number of rotatable bonds is 1. The Hall–Kier alpha value is -0.980. The minimum Gasteiger partial charge on any atom is -0.380 e. The van der Waals surface area contributed by atoms with E-state index >= 15 is 4.39 Å². The first-order valence-corrected chi connectivity index (χ1v) is 10.2. The molecule has 0 aromatic carbocycles. The van der Waals surface area contributed by atoms with E-state index in [1.54, 1.807) is 6.08 Å². The lowest BCUT2D eigenvalue weighted by atomic mass is 9.47. The first-order chi connectivity index (χ1) is 12.5. The van der Waals surface area contributed by atoms with Crippen molar-refractivity contribution in [1.29, 1.82) is 0 Å². The Kier molecular flexibility index (Phi) is 3.31. The molecule has 5 rings (SSSR count). The molecule has 2 saturated carbocycles. The van der Waals surface area contributed by atoms with Gasteiger partial charge in [0.1, 0.15) is 17.0 Å². The number of aliphatic hydroxyl groups is 1. The van der Waals surface area contributed by atoms with E-state index in [1.165, 1.54) is 0 Å². The monoisotopic (exact) mass is 392 g/mol. The highest BCUT2D eigenvalue weighted by molar-refractivity contribution is 7.96. The molecule has 5 aliphatic rings. The fourth-order valence-corrected chi connectivity index (χ4v) is 7.88. The van der Waals surface area contributed by atoms with Crippen LogP contribution in [-0.4, -0.2) is 33.3 Å². The molecule has 8 atom stereocenters. The number of allylic oxidation sites excluding steroid dienone is 2. The van der Waals surface area contributed by atoms with Crippen molar-refractivity contribution in [3.05, 3.63) is 23.6 Å². The average Bonchev–Trinajstić information content (AvgIpc) is 3.27. The molecule has 1 saturated heterocycles. The zero-order valence-corrected chi connectivity index (χ0v) is 16.7. The summed E-state index contributed by atoms with van der Waals surface area (Å²) in [6.45, 7) is 5.81. The number of fused-ring (bicyclic) bond motifs is 3. The summed E-state index contributed by atoms with van der Waals surface area (Å²) < 4.78 is 21.5. The Morgan fingerprint density at radius 1 is 1.37 bits per heavy atom. The summed E-state index contributed by atoms with van der Waals surface area (Å²) in [4.78, 5) is 24.3.